The fourth-order valence-electron chi connectivity index (χ4n) is 2.47. The average Bonchev–Trinajstić information content (AvgIpc) is 3.13. The second-order valence-electron chi connectivity index (χ2n) is 4.75. The summed E-state index contributed by atoms with van der Waals surface area (Å²) in [7, 11) is 0. The molecule has 1 aromatic heterocycles. The third kappa shape index (κ3) is 2.47. The number of benzene rings is 1. The van der Waals surface area contributed by atoms with Gasteiger partial charge in [-0.15, -0.1) is 0 Å². The number of aromatic nitrogens is 1. The molecule has 2 heterocycles. The van der Waals surface area contributed by atoms with Gasteiger partial charge >= 0.3 is 0 Å². The first-order valence-electron chi connectivity index (χ1n) is 6.63. The molecule has 0 aliphatic carbocycles. The van der Waals surface area contributed by atoms with E-state index in [-0.39, 0.29) is 5.91 Å². The van der Waals surface area contributed by atoms with Crippen molar-refractivity contribution in [2.45, 2.75) is 12.8 Å². The Balaban J connectivity index is 1.82. The molecular formula is C15H17N3O. The molecule has 1 aromatic carbocycles. The number of nitrogens with zero attached hydrogens (tertiary/aromatic N) is 1. The Labute approximate surface area is 112 Å². The van der Waals surface area contributed by atoms with Crippen LogP contribution in [0.1, 0.15) is 23.3 Å². The van der Waals surface area contributed by atoms with E-state index in [2.05, 4.69) is 21.3 Å². The first kappa shape index (κ1) is 11.8. The molecule has 19 heavy (non-hydrogen) atoms. The SMILES string of the molecule is O=C(Nc1ccccc1N1CCCC1)c1ccc[nH]1. The molecule has 0 atom stereocenters. The second-order valence-corrected chi connectivity index (χ2v) is 4.75. The summed E-state index contributed by atoms with van der Waals surface area (Å²) < 4.78 is 0. The van der Waals surface area contributed by atoms with Crippen molar-refractivity contribution in [3.8, 4) is 0 Å². The zero-order chi connectivity index (χ0) is 13.1. The van der Waals surface area contributed by atoms with Gasteiger partial charge < -0.3 is 15.2 Å². The van der Waals surface area contributed by atoms with Crippen LogP contribution in [0.25, 0.3) is 0 Å². The predicted molar refractivity (Wildman–Crippen MR) is 76.6 cm³/mol. The third-order valence-corrected chi connectivity index (χ3v) is 3.44. The Morgan fingerprint density at radius 2 is 1.89 bits per heavy atom. The fraction of sp³-hybridized carbons (Fsp3) is 0.267. The molecule has 0 bridgehead atoms. The molecule has 1 aliphatic heterocycles. The highest BCUT2D eigenvalue weighted by molar-refractivity contribution is 6.04. The van der Waals surface area contributed by atoms with E-state index in [1.165, 1.54) is 12.8 Å². The molecule has 2 N–H and O–H groups in total. The summed E-state index contributed by atoms with van der Waals surface area (Å²) in [6, 6.07) is 11.6. The van der Waals surface area contributed by atoms with Crippen LogP contribution in [0.4, 0.5) is 11.4 Å². The van der Waals surface area contributed by atoms with Gasteiger partial charge in [-0.1, -0.05) is 12.1 Å². The maximum absolute atomic E-state index is 12.1. The molecule has 1 fully saturated rings. The van der Waals surface area contributed by atoms with Crippen molar-refractivity contribution < 1.29 is 4.79 Å². The van der Waals surface area contributed by atoms with Gasteiger partial charge in [-0.3, -0.25) is 4.79 Å². The molecule has 4 heteroatoms. The zero-order valence-electron chi connectivity index (χ0n) is 10.7. The van der Waals surface area contributed by atoms with E-state index in [0.717, 1.165) is 24.5 Å². The molecule has 0 radical (unpaired) electrons. The van der Waals surface area contributed by atoms with Crippen molar-refractivity contribution in [2.75, 3.05) is 23.3 Å². The summed E-state index contributed by atoms with van der Waals surface area (Å²) in [6.45, 7) is 2.13. The lowest BCUT2D eigenvalue weighted by Gasteiger charge is -2.21. The lowest BCUT2D eigenvalue weighted by molar-refractivity contribution is 0.102. The number of hydrogen-bond donors (Lipinski definition) is 2. The lowest BCUT2D eigenvalue weighted by Crippen LogP contribution is -2.21. The monoisotopic (exact) mass is 255 g/mol. The molecule has 2 aromatic rings. The smallest absolute Gasteiger partial charge is 0.272 e. The molecule has 0 unspecified atom stereocenters. The number of anilines is 2. The van der Waals surface area contributed by atoms with Gasteiger partial charge in [0, 0.05) is 19.3 Å². The van der Waals surface area contributed by atoms with Gasteiger partial charge in [0.1, 0.15) is 5.69 Å². The zero-order valence-corrected chi connectivity index (χ0v) is 10.7. The van der Waals surface area contributed by atoms with Crippen molar-refractivity contribution in [1.29, 1.82) is 0 Å². The van der Waals surface area contributed by atoms with Gasteiger partial charge in [0.05, 0.1) is 11.4 Å². The number of H-pyrrole nitrogens is 1. The van der Waals surface area contributed by atoms with Crippen LogP contribution in [0.2, 0.25) is 0 Å². The van der Waals surface area contributed by atoms with E-state index in [4.69, 9.17) is 0 Å². The molecule has 1 saturated heterocycles. The summed E-state index contributed by atoms with van der Waals surface area (Å²) >= 11 is 0. The second kappa shape index (κ2) is 5.18. The molecule has 1 amide bonds. The molecule has 0 spiro atoms. The number of nitrogens with one attached hydrogen (secondary N) is 2. The first-order valence-corrected chi connectivity index (χ1v) is 6.63. The summed E-state index contributed by atoms with van der Waals surface area (Å²) in [5, 5.41) is 2.98. The van der Waals surface area contributed by atoms with Gasteiger partial charge in [0.2, 0.25) is 0 Å². The number of aromatic amines is 1. The van der Waals surface area contributed by atoms with Gasteiger partial charge in [-0.25, -0.2) is 0 Å². The Hall–Kier alpha value is -2.23. The molecule has 98 valence electrons. The van der Waals surface area contributed by atoms with E-state index in [9.17, 15) is 4.79 Å². The Morgan fingerprint density at radius 1 is 1.11 bits per heavy atom. The normalized spacial score (nSPS) is 14.6. The number of hydrogen-bond acceptors (Lipinski definition) is 2. The Morgan fingerprint density at radius 3 is 2.63 bits per heavy atom. The fourth-order valence-corrected chi connectivity index (χ4v) is 2.47. The van der Waals surface area contributed by atoms with E-state index < -0.39 is 0 Å². The maximum atomic E-state index is 12.1. The molecule has 1 aliphatic rings. The number of rotatable bonds is 3. The Bertz CT molecular complexity index is 557. The van der Waals surface area contributed by atoms with Crippen LogP contribution in [0.5, 0.6) is 0 Å². The van der Waals surface area contributed by atoms with Crippen LogP contribution in [0, 0.1) is 0 Å². The summed E-state index contributed by atoms with van der Waals surface area (Å²) in [5.41, 5.74) is 2.57. The molecule has 4 nitrogen and oxygen atoms in total. The van der Waals surface area contributed by atoms with Gasteiger partial charge in [-0.05, 0) is 37.1 Å². The van der Waals surface area contributed by atoms with Crippen molar-refractivity contribution in [1.82, 2.24) is 4.98 Å². The van der Waals surface area contributed by atoms with Crippen LogP contribution in [-0.2, 0) is 0 Å². The van der Waals surface area contributed by atoms with Crippen molar-refractivity contribution in [2.24, 2.45) is 0 Å². The van der Waals surface area contributed by atoms with Crippen LogP contribution in [0.3, 0.4) is 0 Å². The number of amides is 1. The highest BCUT2D eigenvalue weighted by Crippen LogP contribution is 2.28. The number of carbonyl (C=O) groups excluding carboxylic acids is 1. The highest BCUT2D eigenvalue weighted by Gasteiger charge is 2.16. The van der Waals surface area contributed by atoms with Crippen LogP contribution < -0.4 is 10.2 Å². The Kier molecular flexibility index (Phi) is 3.23. The molecular weight excluding hydrogens is 238 g/mol. The van der Waals surface area contributed by atoms with Crippen molar-refractivity contribution in [3.63, 3.8) is 0 Å². The third-order valence-electron chi connectivity index (χ3n) is 3.44. The first-order chi connectivity index (χ1) is 9.34. The van der Waals surface area contributed by atoms with E-state index in [1.807, 2.05) is 24.3 Å². The highest BCUT2D eigenvalue weighted by atomic mass is 16.1. The van der Waals surface area contributed by atoms with Crippen molar-refractivity contribution >= 4 is 17.3 Å². The van der Waals surface area contributed by atoms with Gasteiger partial charge in [0.25, 0.3) is 5.91 Å². The van der Waals surface area contributed by atoms with Gasteiger partial charge in [-0.2, -0.15) is 0 Å². The predicted octanol–water partition coefficient (Wildman–Crippen LogP) is 2.87. The quantitative estimate of drug-likeness (QED) is 0.886. The van der Waals surface area contributed by atoms with E-state index >= 15 is 0 Å². The minimum absolute atomic E-state index is 0.100. The standard InChI is InChI=1S/C15H17N3O/c19-15(13-7-5-9-16-13)17-12-6-1-2-8-14(12)18-10-3-4-11-18/h1-2,5-9,16H,3-4,10-11H2,(H,17,19). The van der Waals surface area contributed by atoms with E-state index in [1.54, 1.807) is 12.3 Å². The van der Waals surface area contributed by atoms with E-state index in [0.29, 0.717) is 5.69 Å². The lowest BCUT2D eigenvalue weighted by atomic mass is 10.2. The number of para-hydroxylation sites is 2. The average molecular weight is 255 g/mol. The molecule has 3 rings (SSSR count). The number of carbonyl (C=O) groups is 1. The topological polar surface area (TPSA) is 48.1 Å². The van der Waals surface area contributed by atoms with Crippen LogP contribution in [-0.4, -0.2) is 24.0 Å². The minimum Gasteiger partial charge on any atom is -0.370 e. The largest absolute Gasteiger partial charge is 0.370 e. The van der Waals surface area contributed by atoms with Crippen LogP contribution in [0.15, 0.2) is 42.6 Å². The van der Waals surface area contributed by atoms with Crippen LogP contribution >= 0.6 is 0 Å². The molecule has 0 saturated carbocycles. The van der Waals surface area contributed by atoms with Gasteiger partial charge in [0.15, 0.2) is 0 Å². The van der Waals surface area contributed by atoms with Crippen molar-refractivity contribution in [3.05, 3.63) is 48.3 Å². The summed E-state index contributed by atoms with van der Waals surface area (Å²) in [6.07, 6.45) is 4.19. The minimum atomic E-state index is -0.100. The maximum Gasteiger partial charge on any atom is 0.272 e. The summed E-state index contributed by atoms with van der Waals surface area (Å²) in [5.74, 6) is -0.100. The summed E-state index contributed by atoms with van der Waals surface area (Å²) in [4.78, 5) is 17.3.